The third-order valence-corrected chi connectivity index (χ3v) is 5.09. The summed E-state index contributed by atoms with van der Waals surface area (Å²) >= 11 is 0. The zero-order valence-corrected chi connectivity index (χ0v) is 16.5. The first-order valence-electron chi connectivity index (χ1n) is 9.81. The summed E-state index contributed by atoms with van der Waals surface area (Å²) in [5.74, 6) is 3.51. The van der Waals surface area contributed by atoms with Crippen LogP contribution >= 0.6 is 0 Å². The van der Waals surface area contributed by atoms with Gasteiger partial charge in [0.2, 0.25) is 0 Å². The van der Waals surface area contributed by atoms with Gasteiger partial charge in [0.1, 0.15) is 23.2 Å². The van der Waals surface area contributed by atoms with Gasteiger partial charge in [-0.1, -0.05) is 30.3 Å². The van der Waals surface area contributed by atoms with Crippen molar-refractivity contribution in [2.24, 2.45) is 0 Å². The molecule has 1 aliphatic rings. The minimum Gasteiger partial charge on any atom is -0.497 e. The number of nitrogens with zero attached hydrogens (tertiary/aromatic N) is 3. The number of hydrogen-bond donors (Lipinski definition) is 1. The number of nitrogens with one attached hydrogen (secondary N) is 1. The second-order valence-electron chi connectivity index (χ2n) is 7.07. The molecule has 0 amide bonds. The van der Waals surface area contributed by atoms with Crippen molar-refractivity contribution in [3.05, 3.63) is 71.5 Å². The summed E-state index contributed by atoms with van der Waals surface area (Å²) in [6.45, 7) is 3.76. The van der Waals surface area contributed by atoms with Gasteiger partial charge in [-0.2, -0.15) is 0 Å². The summed E-state index contributed by atoms with van der Waals surface area (Å²) in [7, 11) is 1.69. The minimum atomic E-state index is 0.785. The quantitative estimate of drug-likeness (QED) is 0.687. The molecule has 1 aliphatic heterocycles. The first-order chi connectivity index (χ1) is 13.7. The predicted molar refractivity (Wildman–Crippen MR) is 114 cm³/mol. The van der Waals surface area contributed by atoms with Gasteiger partial charge in [0, 0.05) is 24.8 Å². The number of aryl methyl sites for hydroxylation is 2. The first kappa shape index (κ1) is 18.3. The Balaban J connectivity index is 1.47. The van der Waals surface area contributed by atoms with Crippen LogP contribution in [0.15, 0.2) is 54.6 Å². The number of anilines is 3. The Labute approximate surface area is 166 Å². The molecule has 1 N–H and O–H groups in total. The molecule has 0 aliphatic carbocycles. The van der Waals surface area contributed by atoms with Crippen molar-refractivity contribution in [3.63, 3.8) is 0 Å². The molecule has 0 radical (unpaired) electrons. The summed E-state index contributed by atoms with van der Waals surface area (Å²) in [5, 5.41) is 3.46. The lowest BCUT2D eigenvalue weighted by Gasteiger charge is -2.30. The maximum Gasteiger partial charge on any atom is 0.138 e. The van der Waals surface area contributed by atoms with E-state index in [1.54, 1.807) is 7.11 Å². The van der Waals surface area contributed by atoms with Gasteiger partial charge in [0.15, 0.2) is 0 Å². The molecule has 0 saturated heterocycles. The highest BCUT2D eigenvalue weighted by atomic mass is 16.5. The van der Waals surface area contributed by atoms with Crippen molar-refractivity contribution in [2.45, 2.75) is 26.2 Å². The molecule has 3 aromatic rings. The Morgan fingerprint density at radius 1 is 1.07 bits per heavy atom. The largest absolute Gasteiger partial charge is 0.497 e. The van der Waals surface area contributed by atoms with Gasteiger partial charge in [-0.05, 0) is 55.5 Å². The van der Waals surface area contributed by atoms with E-state index in [4.69, 9.17) is 9.72 Å². The molecule has 4 rings (SSSR count). The van der Waals surface area contributed by atoms with Gasteiger partial charge < -0.3 is 15.0 Å². The number of methoxy groups -OCH3 is 1. The molecule has 28 heavy (non-hydrogen) atoms. The van der Waals surface area contributed by atoms with E-state index < -0.39 is 0 Å². The van der Waals surface area contributed by atoms with Crippen LogP contribution in [0.5, 0.6) is 5.75 Å². The molecule has 0 spiro atoms. The maximum absolute atomic E-state index is 5.21. The van der Waals surface area contributed by atoms with Crippen LogP contribution in [-0.2, 0) is 12.8 Å². The topological polar surface area (TPSA) is 50.3 Å². The van der Waals surface area contributed by atoms with E-state index in [9.17, 15) is 0 Å². The first-order valence-corrected chi connectivity index (χ1v) is 9.81. The van der Waals surface area contributed by atoms with E-state index >= 15 is 0 Å². The third-order valence-electron chi connectivity index (χ3n) is 5.09. The molecular formula is C23H26N4O. The molecule has 2 aromatic carbocycles. The fraction of sp³-hybridized carbons (Fsp3) is 0.304. The van der Waals surface area contributed by atoms with E-state index in [-0.39, 0.29) is 0 Å². The zero-order valence-electron chi connectivity index (χ0n) is 16.5. The summed E-state index contributed by atoms with van der Waals surface area (Å²) in [6, 6.07) is 18.9. The van der Waals surface area contributed by atoms with Crippen LogP contribution in [0.3, 0.4) is 0 Å². The molecule has 144 valence electrons. The highest BCUT2D eigenvalue weighted by molar-refractivity contribution is 5.67. The fourth-order valence-electron chi connectivity index (χ4n) is 3.68. The Hall–Kier alpha value is -3.08. The van der Waals surface area contributed by atoms with Crippen molar-refractivity contribution >= 4 is 17.3 Å². The number of rotatable bonds is 6. The number of hydrogen-bond acceptors (Lipinski definition) is 5. The van der Waals surface area contributed by atoms with E-state index in [1.807, 2.05) is 19.1 Å². The van der Waals surface area contributed by atoms with Gasteiger partial charge >= 0.3 is 0 Å². The Morgan fingerprint density at radius 2 is 1.89 bits per heavy atom. The number of fused-ring (bicyclic) bond motifs is 1. The minimum absolute atomic E-state index is 0.785. The number of benzene rings is 2. The molecule has 2 heterocycles. The molecule has 0 atom stereocenters. The lowest BCUT2D eigenvalue weighted by Crippen LogP contribution is -2.25. The average molecular weight is 374 g/mol. The van der Waals surface area contributed by atoms with E-state index in [0.717, 1.165) is 55.6 Å². The molecule has 5 heteroatoms. The lowest BCUT2D eigenvalue weighted by atomic mass is 10.0. The smallest absolute Gasteiger partial charge is 0.138 e. The highest BCUT2D eigenvalue weighted by Crippen LogP contribution is 2.32. The van der Waals surface area contributed by atoms with Crippen LogP contribution in [0.2, 0.25) is 0 Å². The van der Waals surface area contributed by atoms with Crippen molar-refractivity contribution in [2.75, 3.05) is 30.4 Å². The van der Waals surface area contributed by atoms with E-state index in [1.165, 1.54) is 16.8 Å². The Bertz CT molecular complexity index is 940. The van der Waals surface area contributed by atoms with Gasteiger partial charge in [0.25, 0.3) is 0 Å². The van der Waals surface area contributed by atoms with E-state index in [0.29, 0.717) is 0 Å². The monoisotopic (exact) mass is 374 g/mol. The second-order valence-corrected chi connectivity index (χ2v) is 7.07. The Kier molecular flexibility index (Phi) is 5.42. The third kappa shape index (κ3) is 4.09. The molecular weight excluding hydrogens is 348 g/mol. The van der Waals surface area contributed by atoms with Crippen LogP contribution in [0.4, 0.5) is 17.3 Å². The van der Waals surface area contributed by atoms with Crippen molar-refractivity contribution in [1.82, 2.24) is 9.97 Å². The number of ether oxygens (including phenoxy) is 1. The summed E-state index contributed by atoms with van der Waals surface area (Å²) in [4.78, 5) is 11.6. The lowest BCUT2D eigenvalue weighted by molar-refractivity contribution is 0.414. The van der Waals surface area contributed by atoms with Crippen LogP contribution in [0, 0.1) is 6.92 Å². The van der Waals surface area contributed by atoms with Crippen molar-refractivity contribution < 1.29 is 4.74 Å². The molecule has 0 unspecified atom stereocenters. The SMILES string of the molecule is COc1ccc(CCNc2cc(N3CCCc4ccccc43)nc(C)n2)cc1. The molecule has 1 aromatic heterocycles. The molecule has 0 saturated carbocycles. The maximum atomic E-state index is 5.21. The number of para-hydroxylation sites is 1. The van der Waals surface area contributed by atoms with Crippen molar-refractivity contribution in [1.29, 1.82) is 0 Å². The highest BCUT2D eigenvalue weighted by Gasteiger charge is 2.19. The standard InChI is InChI=1S/C23H26N4O/c1-17-25-22(24-14-13-18-9-11-20(28-2)12-10-18)16-23(26-17)27-15-5-7-19-6-3-4-8-21(19)27/h3-4,6,8-12,16H,5,7,13-15H2,1-2H3,(H,24,25,26). The van der Waals surface area contributed by atoms with Crippen LogP contribution in [0.1, 0.15) is 23.4 Å². The van der Waals surface area contributed by atoms with Crippen molar-refractivity contribution in [3.8, 4) is 5.75 Å². The normalized spacial score (nSPS) is 13.1. The molecule has 0 bridgehead atoms. The predicted octanol–water partition coefficient (Wildman–Crippen LogP) is 4.53. The van der Waals surface area contributed by atoms with E-state index in [2.05, 4.69) is 57.7 Å². The van der Waals surface area contributed by atoms with Crippen LogP contribution < -0.4 is 15.0 Å². The zero-order chi connectivity index (χ0) is 19.3. The summed E-state index contributed by atoms with van der Waals surface area (Å²) < 4.78 is 5.21. The van der Waals surface area contributed by atoms with Gasteiger partial charge in [-0.15, -0.1) is 0 Å². The fourth-order valence-corrected chi connectivity index (χ4v) is 3.68. The van der Waals surface area contributed by atoms with Crippen LogP contribution in [0.25, 0.3) is 0 Å². The second kappa shape index (κ2) is 8.30. The molecule has 0 fully saturated rings. The Morgan fingerprint density at radius 3 is 2.71 bits per heavy atom. The van der Waals surface area contributed by atoms with Gasteiger partial charge in [-0.3, -0.25) is 0 Å². The number of aromatic nitrogens is 2. The summed E-state index contributed by atoms with van der Waals surface area (Å²) in [6.07, 6.45) is 3.19. The van der Waals surface area contributed by atoms with Crippen LogP contribution in [-0.4, -0.2) is 30.2 Å². The summed E-state index contributed by atoms with van der Waals surface area (Å²) in [5.41, 5.74) is 3.92. The van der Waals surface area contributed by atoms with Gasteiger partial charge in [-0.25, -0.2) is 9.97 Å². The van der Waals surface area contributed by atoms with Gasteiger partial charge in [0.05, 0.1) is 7.11 Å². The average Bonchev–Trinajstić information content (AvgIpc) is 2.73. The molecule has 5 nitrogen and oxygen atoms in total.